The Kier molecular flexibility index (Phi) is 5.19. The summed E-state index contributed by atoms with van der Waals surface area (Å²) in [5.74, 6) is -0.223. The maximum atomic E-state index is 13.6. The Morgan fingerprint density at radius 2 is 1.86 bits per heavy atom. The molecule has 6 nitrogen and oxygen atoms in total. The van der Waals surface area contributed by atoms with Crippen molar-refractivity contribution in [3.05, 3.63) is 30.1 Å². The third-order valence-corrected chi connectivity index (χ3v) is 6.25. The third-order valence-electron chi connectivity index (χ3n) is 6.25. The smallest absolute Gasteiger partial charge is 0.253 e. The summed E-state index contributed by atoms with van der Waals surface area (Å²) in [7, 11) is 0. The van der Waals surface area contributed by atoms with E-state index in [9.17, 15) is 18.8 Å². The fraction of sp³-hybridized carbons (Fsp3) is 0.571. The number of benzene rings is 1. The van der Waals surface area contributed by atoms with E-state index >= 15 is 0 Å². The van der Waals surface area contributed by atoms with Gasteiger partial charge in [-0.05, 0) is 43.9 Å². The van der Waals surface area contributed by atoms with Gasteiger partial charge in [-0.3, -0.25) is 14.4 Å². The van der Waals surface area contributed by atoms with Crippen LogP contribution in [-0.2, 0) is 19.1 Å². The minimum atomic E-state index is -0.500. The molecule has 7 heteroatoms. The summed E-state index contributed by atoms with van der Waals surface area (Å²) in [5.41, 5.74) is 0.0394. The molecule has 1 saturated carbocycles. The van der Waals surface area contributed by atoms with Crippen LogP contribution in [-0.4, -0.2) is 54.3 Å². The molecule has 0 unspecified atom stereocenters. The highest BCUT2D eigenvalue weighted by Gasteiger charge is 2.44. The second kappa shape index (κ2) is 7.62. The van der Waals surface area contributed by atoms with E-state index in [-0.39, 0.29) is 35.9 Å². The lowest BCUT2D eigenvalue weighted by molar-refractivity contribution is -0.153. The molecule has 2 amide bonds. The number of hydrogen-bond acceptors (Lipinski definition) is 4. The number of hydrogen-bond donors (Lipinski definition) is 0. The SMILES string of the molecule is O=C1CCC(C(=O)N2CCC3(CC2)CN(c2cccc(F)c2)C(=O)CO3)CC1. The fourth-order valence-electron chi connectivity index (χ4n) is 4.48. The monoisotopic (exact) mass is 388 g/mol. The molecule has 4 rings (SSSR count). The van der Waals surface area contributed by atoms with Gasteiger partial charge < -0.3 is 14.5 Å². The molecule has 3 aliphatic rings. The Labute approximate surface area is 163 Å². The van der Waals surface area contributed by atoms with Crippen LogP contribution in [0.2, 0.25) is 0 Å². The van der Waals surface area contributed by atoms with E-state index in [0.29, 0.717) is 63.8 Å². The summed E-state index contributed by atoms with van der Waals surface area (Å²) < 4.78 is 19.5. The summed E-state index contributed by atoms with van der Waals surface area (Å²) in [5, 5.41) is 0. The molecule has 0 radical (unpaired) electrons. The molecule has 2 heterocycles. The standard InChI is InChI=1S/C21H25FN2O4/c22-16-2-1-3-17(12-16)24-14-21(28-13-19(24)26)8-10-23(11-9-21)20(27)15-4-6-18(25)7-5-15/h1-3,12,15H,4-11,13-14H2. The van der Waals surface area contributed by atoms with Crippen molar-refractivity contribution in [1.82, 2.24) is 4.90 Å². The highest BCUT2D eigenvalue weighted by molar-refractivity contribution is 5.95. The number of amides is 2. The van der Waals surface area contributed by atoms with Gasteiger partial charge in [0.15, 0.2) is 0 Å². The van der Waals surface area contributed by atoms with Crippen LogP contribution >= 0.6 is 0 Å². The van der Waals surface area contributed by atoms with Gasteiger partial charge in [-0.2, -0.15) is 0 Å². The number of anilines is 1. The maximum Gasteiger partial charge on any atom is 0.253 e. The fourth-order valence-corrected chi connectivity index (χ4v) is 4.48. The first-order chi connectivity index (χ1) is 13.5. The molecular formula is C21H25FN2O4. The number of piperidine rings is 1. The van der Waals surface area contributed by atoms with Gasteiger partial charge in [-0.25, -0.2) is 4.39 Å². The first kappa shape index (κ1) is 19.1. The Balaban J connectivity index is 1.40. The Morgan fingerprint density at radius 1 is 1.14 bits per heavy atom. The van der Waals surface area contributed by atoms with Gasteiger partial charge in [0.1, 0.15) is 18.2 Å². The zero-order chi connectivity index (χ0) is 19.7. The van der Waals surface area contributed by atoms with Crippen LogP contribution in [0.5, 0.6) is 0 Å². The summed E-state index contributed by atoms with van der Waals surface area (Å²) in [4.78, 5) is 40.0. The van der Waals surface area contributed by atoms with E-state index in [4.69, 9.17) is 4.74 Å². The number of ketones is 1. The summed E-state index contributed by atoms with van der Waals surface area (Å²) >= 11 is 0. The van der Waals surface area contributed by atoms with Crippen LogP contribution in [0.1, 0.15) is 38.5 Å². The molecule has 0 atom stereocenters. The van der Waals surface area contributed by atoms with Crippen molar-refractivity contribution in [2.45, 2.75) is 44.1 Å². The van der Waals surface area contributed by atoms with Crippen LogP contribution in [0.4, 0.5) is 10.1 Å². The number of carbonyl (C=O) groups excluding carboxylic acids is 3. The quantitative estimate of drug-likeness (QED) is 0.780. The second-order valence-corrected chi connectivity index (χ2v) is 8.07. The Hall–Kier alpha value is -2.28. The van der Waals surface area contributed by atoms with Crippen molar-refractivity contribution >= 4 is 23.3 Å². The Bertz CT molecular complexity index is 778. The summed E-state index contributed by atoms with van der Waals surface area (Å²) in [6, 6.07) is 6.03. The maximum absolute atomic E-state index is 13.6. The molecule has 2 aliphatic heterocycles. The lowest BCUT2D eigenvalue weighted by atomic mass is 9.85. The van der Waals surface area contributed by atoms with Crippen molar-refractivity contribution in [2.24, 2.45) is 5.92 Å². The number of morpholine rings is 1. The second-order valence-electron chi connectivity index (χ2n) is 8.07. The number of nitrogens with zero attached hydrogens (tertiary/aromatic N) is 2. The van der Waals surface area contributed by atoms with Crippen LogP contribution in [0.3, 0.4) is 0 Å². The van der Waals surface area contributed by atoms with E-state index in [1.807, 2.05) is 4.90 Å². The Morgan fingerprint density at radius 3 is 2.54 bits per heavy atom. The van der Waals surface area contributed by atoms with E-state index in [1.165, 1.54) is 12.1 Å². The number of carbonyl (C=O) groups is 3. The third kappa shape index (κ3) is 3.81. The van der Waals surface area contributed by atoms with Crippen LogP contribution in [0.15, 0.2) is 24.3 Å². The van der Waals surface area contributed by atoms with Crippen LogP contribution < -0.4 is 4.90 Å². The molecule has 1 aromatic rings. The van der Waals surface area contributed by atoms with E-state index in [0.717, 1.165) is 0 Å². The summed E-state index contributed by atoms with van der Waals surface area (Å²) in [6.45, 7) is 1.49. The van der Waals surface area contributed by atoms with Gasteiger partial charge in [-0.1, -0.05) is 6.07 Å². The number of halogens is 1. The topological polar surface area (TPSA) is 66.9 Å². The molecular weight excluding hydrogens is 363 g/mol. The molecule has 2 saturated heterocycles. The average Bonchev–Trinajstić information content (AvgIpc) is 2.71. The van der Waals surface area contributed by atoms with Crippen molar-refractivity contribution in [1.29, 1.82) is 0 Å². The number of rotatable bonds is 2. The first-order valence-corrected chi connectivity index (χ1v) is 9.96. The normalized spacial score (nSPS) is 23.3. The lowest BCUT2D eigenvalue weighted by Gasteiger charge is -2.47. The molecule has 0 aromatic heterocycles. The molecule has 1 spiro atoms. The minimum absolute atomic E-state index is 0.0325. The van der Waals surface area contributed by atoms with Crippen LogP contribution in [0, 0.1) is 11.7 Å². The van der Waals surface area contributed by atoms with Crippen LogP contribution in [0.25, 0.3) is 0 Å². The largest absolute Gasteiger partial charge is 0.363 e. The first-order valence-electron chi connectivity index (χ1n) is 9.96. The summed E-state index contributed by atoms with van der Waals surface area (Å²) in [6.07, 6.45) is 3.59. The van der Waals surface area contributed by atoms with Gasteiger partial charge >= 0.3 is 0 Å². The lowest BCUT2D eigenvalue weighted by Crippen LogP contribution is -2.59. The molecule has 28 heavy (non-hydrogen) atoms. The van der Waals surface area contributed by atoms with Gasteiger partial charge in [-0.15, -0.1) is 0 Å². The molecule has 0 bridgehead atoms. The zero-order valence-electron chi connectivity index (χ0n) is 15.9. The predicted octanol–water partition coefficient (Wildman–Crippen LogP) is 2.31. The molecule has 1 aromatic carbocycles. The average molecular weight is 388 g/mol. The molecule has 3 fully saturated rings. The van der Waals surface area contributed by atoms with Crippen molar-refractivity contribution < 1.29 is 23.5 Å². The van der Waals surface area contributed by atoms with Gasteiger partial charge in [0.2, 0.25) is 5.91 Å². The highest BCUT2D eigenvalue weighted by atomic mass is 19.1. The number of Topliss-reactive ketones (excluding diaryl/α,β-unsaturated/α-hetero) is 1. The van der Waals surface area contributed by atoms with E-state index < -0.39 is 5.60 Å². The molecule has 0 N–H and O–H groups in total. The predicted molar refractivity (Wildman–Crippen MR) is 100 cm³/mol. The van der Waals surface area contributed by atoms with Crippen molar-refractivity contribution in [2.75, 3.05) is 31.1 Å². The van der Waals surface area contributed by atoms with E-state index in [1.54, 1.807) is 17.0 Å². The van der Waals surface area contributed by atoms with Gasteiger partial charge in [0.25, 0.3) is 5.91 Å². The minimum Gasteiger partial charge on any atom is -0.363 e. The van der Waals surface area contributed by atoms with Gasteiger partial charge in [0, 0.05) is 37.5 Å². The molecule has 150 valence electrons. The van der Waals surface area contributed by atoms with Crippen molar-refractivity contribution in [3.8, 4) is 0 Å². The highest BCUT2D eigenvalue weighted by Crippen LogP contribution is 2.34. The van der Waals surface area contributed by atoms with E-state index in [2.05, 4.69) is 0 Å². The zero-order valence-corrected chi connectivity index (χ0v) is 15.9. The number of likely N-dealkylation sites (tertiary alicyclic amines) is 1. The molecule has 1 aliphatic carbocycles. The van der Waals surface area contributed by atoms with Gasteiger partial charge in [0.05, 0.1) is 12.1 Å². The number of ether oxygens (including phenoxy) is 1. The van der Waals surface area contributed by atoms with Crippen molar-refractivity contribution in [3.63, 3.8) is 0 Å².